The number of nitrogens with zero attached hydrogens (tertiary/aromatic N) is 1. The van der Waals surface area contributed by atoms with Crippen molar-refractivity contribution in [2.24, 2.45) is 0 Å². The second-order valence-electron chi connectivity index (χ2n) is 8.43. The number of methoxy groups -OCH3 is 2. The number of aldehydes is 1. The number of rotatable bonds is 9. The molecule has 0 bridgehead atoms. The first-order valence-corrected chi connectivity index (χ1v) is 13.6. The lowest BCUT2D eigenvalue weighted by Gasteiger charge is -2.09. The molecule has 10 heteroatoms. The van der Waals surface area contributed by atoms with Gasteiger partial charge in [0.25, 0.3) is 0 Å². The number of nitrogens with one attached hydrogen (secondary N) is 1. The van der Waals surface area contributed by atoms with Gasteiger partial charge in [-0.25, -0.2) is 4.39 Å². The summed E-state index contributed by atoms with van der Waals surface area (Å²) in [6.45, 7) is 0.812. The first-order valence-electron chi connectivity index (χ1n) is 12.0. The predicted octanol–water partition coefficient (Wildman–Crippen LogP) is 7.90. The number of carbonyl (C=O) groups excluding carboxylic acids is 1. The number of halogens is 3. The molecule has 0 fully saturated rings. The highest BCUT2D eigenvalue weighted by Gasteiger charge is 2.09. The molecule has 1 N–H and O–H groups in total. The van der Waals surface area contributed by atoms with E-state index in [9.17, 15) is 9.18 Å². The van der Waals surface area contributed by atoms with Crippen LogP contribution in [0.1, 0.15) is 21.5 Å². The topological polar surface area (TPSA) is 82.7 Å². The summed E-state index contributed by atoms with van der Waals surface area (Å²) in [5.41, 5.74) is 2.96. The number of hydrogen-bond acceptors (Lipinski definition) is 6. The Balaban J connectivity index is 0.000000185. The monoisotopic (exact) mass is 670 g/mol. The van der Waals surface area contributed by atoms with Crippen LogP contribution >= 0.6 is 31.9 Å². The standard InChI is InChI=1S/C15H12BrFO3.C15H13BrN2O2/c1-19-11-4-2-10(3-5-11)9-20-12-6-14(16)13(8-18)15(17)7-12;1-19-11-4-2-10(3-5-11)9-20-12-6-14(16)13-8-17-18-15(13)7-12/h2-8H,9H2,1H3;2-8H,9H2,1H3,(H,17,18). The first-order chi connectivity index (χ1) is 19.4. The predicted molar refractivity (Wildman–Crippen MR) is 158 cm³/mol. The van der Waals surface area contributed by atoms with E-state index in [-0.39, 0.29) is 5.56 Å². The first kappa shape index (κ1) is 29.1. The number of hydrogen-bond donors (Lipinski definition) is 1. The largest absolute Gasteiger partial charge is 0.497 e. The van der Waals surface area contributed by atoms with Gasteiger partial charge < -0.3 is 18.9 Å². The number of aromatic nitrogens is 2. The zero-order chi connectivity index (χ0) is 28.5. The van der Waals surface area contributed by atoms with Gasteiger partial charge in [0.1, 0.15) is 42.0 Å². The molecule has 7 nitrogen and oxygen atoms in total. The molecule has 0 amide bonds. The van der Waals surface area contributed by atoms with Crippen molar-refractivity contribution in [3.05, 3.63) is 110 Å². The van der Waals surface area contributed by atoms with E-state index < -0.39 is 5.82 Å². The number of carbonyl (C=O) groups is 1. The van der Waals surface area contributed by atoms with Crippen LogP contribution in [-0.4, -0.2) is 30.7 Å². The molecule has 0 radical (unpaired) electrons. The van der Waals surface area contributed by atoms with E-state index in [2.05, 4.69) is 42.1 Å². The Bertz CT molecular complexity index is 1550. The lowest BCUT2D eigenvalue weighted by molar-refractivity contribution is 0.111. The number of fused-ring (bicyclic) bond motifs is 1. The maximum atomic E-state index is 13.6. The van der Waals surface area contributed by atoms with Crippen LogP contribution in [0.25, 0.3) is 10.9 Å². The summed E-state index contributed by atoms with van der Waals surface area (Å²) in [6, 6.07) is 21.8. The Morgan fingerprint density at radius 3 is 1.80 bits per heavy atom. The van der Waals surface area contributed by atoms with E-state index >= 15 is 0 Å². The van der Waals surface area contributed by atoms with Gasteiger partial charge in [0.2, 0.25) is 0 Å². The van der Waals surface area contributed by atoms with Crippen molar-refractivity contribution in [1.29, 1.82) is 0 Å². The summed E-state index contributed by atoms with van der Waals surface area (Å²) >= 11 is 6.65. The lowest BCUT2D eigenvalue weighted by atomic mass is 10.2. The summed E-state index contributed by atoms with van der Waals surface area (Å²) in [5.74, 6) is 2.15. The fraction of sp³-hybridized carbons (Fsp3) is 0.133. The summed E-state index contributed by atoms with van der Waals surface area (Å²) in [7, 11) is 3.25. The third-order valence-corrected chi connectivity index (χ3v) is 7.09. The zero-order valence-electron chi connectivity index (χ0n) is 21.6. The van der Waals surface area contributed by atoms with E-state index in [1.54, 1.807) is 26.5 Å². The normalized spacial score (nSPS) is 10.4. The van der Waals surface area contributed by atoms with Gasteiger partial charge >= 0.3 is 0 Å². The summed E-state index contributed by atoms with van der Waals surface area (Å²) in [6.07, 6.45) is 2.25. The van der Waals surface area contributed by atoms with Crippen molar-refractivity contribution in [3.8, 4) is 23.0 Å². The van der Waals surface area contributed by atoms with Gasteiger partial charge in [-0.2, -0.15) is 5.10 Å². The van der Waals surface area contributed by atoms with Crippen molar-refractivity contribution in [1.82, 2.24) is 10.2 Å². The van der Waals surface area contributed by atoms with E-state index in [0.717, 1.165) is 43.8 Å². The highest BCUT2D eigenvalue weighted by atomic mass is 79.9. The van der Waals surface area contributed by atoms with Crippen LogP contribution in [0, 0.1) is 5.82 Å². The molecule has 4 aromatic carbocycles. The SMILES string of the molecule is COc1ccc(COc2cc(Br)c3cn[nH]c3c2)cc1.COc1ccc(COc2cc(F)c(C=O)c(Br)c2)cc1. The number of aromatic amines is 1. The molecule has 40 heavy (non-hydrogen) atoms. The molecule has 0 atom stereocenters. The second-order valence-corrected chi connectivity index (χ2v) is 10.1. The van der Waals surface area contributed by atoms with Crippen LogP contribution in [0.4, 0.5) is 4.39 Å². The molecule has 5 rings (SSSR count). The molecule has 0 aliphatic rings. The summed E-state index contributed by atoms with van der Waals surface area (Å²) in [4.78, 5) is 10.7. The fourth-order valence-electron chi connectivity index (χ4n) is 3.60. The van der Waals surface area contributed by atoms with Crippen LogP contribution in [0.15, 0.2) is 87.9 Å². The molecular weight excluding hydrogens is 647 g/mol. The Morgan fingerprint density at radius 1 is 0.775 bits per heavy atom. The number of H-pyrrole nitrogens is 1. The average Bonchev–Trinajstić information content (AvgIpc) is 3.45. The van der Waals surface area contributed by atoms with Gasteiger partial charge in [-0.3, -0.25) is 9.89 Å². The molecule has 0 saturated heterocycles. The van der Waals surface area contributed by atoms with E-state index in [4.69, 9.17) is 18.9 Å². The lowest BCUT2D eigenvalue weighted by Crippen LogP contribution is -1.98. The highest BCUT2D eigenvalue weighted by molar-refractivity contribution is 9.11. The van der Waals surface area contributed by atoms with Crippen LogP contribution in [-0.2, 0) is 13.2 Å². The Morgan fingerprint density at radius 2 is 1.30 bits per heavy atom. The van der Waals surface area contributed by atoms with E-state index in [0.29, 0.717) is 29.7 Å². The summed E-state index contributed by atoms with van der Waals surface area (Å²) < 4.78 is 36.4. The molecule has 0 unspecified atom stereocenters. The smallest absolute Gasteiger partial charge is 0.154 e. The minimum absolute atomic E-state index is 0.0122. The molecule has 206 valence electrons. The van der Waals surface area contributed by atoms with Gasteiger partial charge in [0.15, 0.2) is 6.29 Å². The molecule has 0 saturated carbocycles. The third-order valence-electron chi connectivity index (χ3n) is 5.78. The fourth-order valence-corrected chi connectivity index (χ4v) is 4.65. The second kappa shape index (κ2) is 14.0. The number of ether oxygens (including phenoxy) is 4. The van der Waals surface area contributed by atoms with Gasteiger partial charge in [-0.15, -0.1) is 0 Å². The molecule has 5 aromatic rings. The Labute approximate surface area is 247 Å². The third kappa shape index (κ3) is 7.61. The van der Waals surface area contributed by atoms with Gasteiger partial charge in [0, 0.05) is 26.5 Å². The molecule has 0 spiro atoms. The average molecular weight is 672 g/mol. The van der Waals surface area contributed by atoms with Crippen molar-refractivity contribution < 1.29 is 28.1 Å². The van der Waals surface area contributed by atoms with Crippen LogP contribution < -0.4 is 18.9 Å². The number of benzene rings is 4. The minimum atomic E-state index is -0.612. The Hall–Kier alpha value is -3.89. The van der Waals surface area contributed by atoms with Crippen molar-refractivity contribution in [2.75, 3.05) is 14.2 Å². The minimum Gasteiger partial charge on any atom is -0.497 e. The van der Waals surface area contributed by atoms with E-state index in [1.165, 1.54) is 6.07 Å². The maximum Gasteiger partial charge on any atom is 0.154 e. The quantitative estimate of drug-likeness (QED) is 0.161. The van der Waals surface area contributed by atoms with Gasteiger partial charge in [-0.05, 0) is 79.4 Å². The van der Waals surface area contributed by atoms with Gasteiger partial charge in [-0.1, -0.05) is 24.3 Å². The molecule has 1 aromatic heterocycles. The molecule has 1 heterocycles. The van der Waals surface area contributed by atoms with Crippen LogP contribution in [0.3, 0.4) is 0 Å². The van der Waals surface area contributed by atoms with Gasteiger partial charge in [0.05, 0.1) is 31.5 Å². The molecule has 0 aliphatic carbocycles. The molecular formula is C30H25Br2FN2O5. The van der Waals surface area contributed by atoms with E-state index in [1.807, 2.05) is 60.7 Å². The van der Waals surface area contributed by atoms with Crippen LogP contribution in [0.5, 0.6) is 23.0 Å². The van der Waals surface area contributed by atoms with Crippen LogP contribution in [0.2, 0.25) is 0 Å². The molecule has 0 aliphatic heterocycles. The zero-order valence-corrected chi connectivity index (χ0v) is 24.8. The Kier molecular flexibility index (Phi) is 10.2. The maximum absolute atomic E-state index is 13.6. The van der Waals surface area contributed by atoms with Crippen molar-refractivity contribution in [2.45, 2.75) is 13.2 Å². The highest BCUT2D eigenvalue weighted by Crippen LogP contribution is 2.29. The van der Waals surface area contributed by atoms with Crippen molar-refractivity contribution in [3.63, 3.8) is 0 Å². The summed E-state index contributed by atoms with van der Waals surface area (Å²) in [5, 5.41) is 8.00. The van der Waals surface area contributed by atoms with Crippen molar-refractivity contribution >= 4 is 49.0 Å².